The van der Waals surface area contributed by atoms with Crippen molar-refractivity contribution >= 4 is 0 Å². The average molecular weight is 124 g/mol. The second kappa shape index (κ2) is 1.84. The molecule has 0 amide bonds. The van der Waals surface area contributed by atoms with E-state index >= 15 is 0 Å². The molecule has 0 spiro atoms. The zero-order valence-corrected chi connectivity index (χ0v) is 5.46. The van der Waals surface area contributed by atoms with Crippen LogP contribution in [0.1, 0.15) is 19.3 Å². The molecule has 1 heteroatoms. The molecule has 0 saturated heterocycles. The second-order valence-electron chi connectivity index (χ2n) is 3.27. The van der Waals surface area contributed by atoms with E-state index in [1.54, 1.807) is 0 Å². The smallest absolute Gasteiger partial charge is 0.0551 e. The van der Waals surface area contributed by atoms with Crippen LogP contribution in [0.4, 0.5) is 0 Å². The van der Waals surface area contributed by atoms with Crippen molar-refractivity contribution in [3.8, 4) is 0 Å². The number of rotatable bonds is 0. The number of hydrogen-bond donors (Lipinski definition) is 1. The summed E-state index contributed by atoms with van der Waals surface area (Å²) in [6.07, 6.45) is 7.84. The molecule has 1 nitrogen and oxygen atoms in total. The van der Waals surface area contributed by atoms with Gasteiger partial charge in [-0.1, -0.05) is 12.2 Å². The Morgan fingerprint density at radius 1 is 1.00 bits per heavy atom. The molecule has 1 unspecified atom stereocenters. The van der Waals surface area contributed by atoms with Gasteiger partial charge in [0, 0.05) is 0 Å². The standard InChI is InChI=1S/C8H12O/c9-8-4-6-1-2-7(3-6)5-8/h1-2,6-9H,3-5H2/t6-,7+,8?. The quantitative estimate of drug-likeness (QED) is 0.483. The third-order valence-electron chi connectivity index (χ3n) is 2.41. The van der Waals surface area contributed by atoms with Crippen LogP contribution in [0.5, 0.6) is 0 Å². The lowest BCUT2D eigenvalue weighted by Gasteiger charge is -2.23. The Kier molecular flexibility index (Phi) is 1.12. The van der Waals surface area contributed by atoms with Crippen molar-refractivity contribution in [3.05, 3.63) is 12.2 Å². The van der Waals surface area contributed by atoms with Gasteiger partial charge in [0.25, 0.3) is 0 Å². The molecule has 0 heterocycles. The molecule has 3 atom stereocenters. The van der Waals surface area contributed by atoms with Gasteiger partial charge in [-0.05, 0) is 31.1 Å². The van der Waals surface area contributed by atoms with Gasteiger partial charge in [-0.25, -0.2) is 0 Å². The maximum absolute atomic E-state index is 9.25. The summed E-state index contributed by atoms with van der Waals surface area (Å²) in [5.41, 5.74) is 0. The number of aliphatic hydroxyl groups excluding tert-OH is 1. The molecule has 2 rings (SSSR count). The predicted molar refractivity (Wildman–Crippen MR) is 36.0 cm³/mol. The minimum absolute atomic E-state index is 0.0104. The van der Waals surface area contributed by atoms with Crippen LogP contribution in [-0.4, -0.2) is 11.2 Å². The zero-order chi connectivity index (χ0) is 6.27. The monoisotopic (exact) mass is 124 g/mol. The fourth-order valence-corrected chi connectivity index (χ4v) is 2.01. The lowest BCUT2D eigenvalue weighted by molar-refractivity contribution is 0.102. The molecule has 1 saturated carbocycles. The fraction of sp³-hybridized carbons (Fsp3) is 0.750. The van der Waals surface area contributed by atoms with Gasteiger partial charge < -0.3 is 5.11 Å². The Morgan fingerprint density at radius 3 is 2.11 bits per heavy atom. The van der Waals surface area contributed by atoms with Crippen LogP contribution in [-0.2, 0) is 0 Å². The van der Waals surface area contributed by atoms with Crippen molar-refractivity contribution in [2.75, 3.05) is 0 Å². The Hall–Kier alpha value is -0.300. The Bertz CT molecular complexity index is 126. The van der Waals surface area contributed by atoms with E-state index in [1.165, 1.54) is 6.42 Å². The van der Waals surface area contributed by atoms with Gasteiger partial charge in [0.05, 0.1) is 6.10 Å². The van der Waals surface area contributed by atoms with E-state index in [9.17, 15) is 5.11 Å². The van der Waals surface area contributed by atoms with Crippen molar-refractivity contribution in [3.63, 3.8) is 0 Å². The lowest BCUT2D eigenvalue weighted by atomic mass is 9.86. The summed E-state index contributed by atoms with van der Waals surface area (Å²) in [7, 11) is 0. The second-order valence-corrected chi connectivity index (χ2v) is 3.27. The first-order chi connectivity index (χ1) is 4.34. The van der Waals surface area contributed by atoms with Crippen molar-refractivity contribution < 1.29 is 5.11 Å². The number of allylic oxidation sites excluding steroid dienone is 2. The van der Waals surface area contributed by atoms with Crippen molar-refractivity contribution in [1.29, 1.82) is 0 Å². The van der Waals surface area contributed by atoms with Crippen LogP contribution in [0.3, 0.4) is 0 Å². The van der Waals surface area contributed by atoms with E-state index in [2.05, 4.69) is 12.2 Å². The molecule has 0 radical (unpaired) electrons. The van der Waals surface area contributed by atoms with Crippen LogP contribution < -0.4 is 0 Å². The Labute approximate surface area is 55.4 Å². The van der Waals surface area contributed by atoms with E-state index in [0.29, 0.717) is 11.8 Å². The van der Waals surface area contributed by atoms with Gasteiger partial charge in [0.15, 0.2) is 0 Å². The number of fused-ring (bicyclic) bond motifs is 2. The number of aliphatic hydroxyl groups is 1. The minimum atomic E-state index is -0.0104. The maximum atomic E-state index is 9.25. The van der Waals surface area contributed by atoms with E-state index in [0.717, 1.165) is 12.8 Å². The van der Waals surface area contributed by atoms with Gasteiger partial charge in [0.1, 0.15) is 0 Å². The molecule has 9 heavy (non-hydrogen) atoms. The van der Waals surface area contributed by atoms with Gasteiger partial charge in [0.2, 0.25) is 0 Å². The van der Waals surface area contributed by atoms with Gasteiger partial charge >= 0.3 is 0 Å². The zero-order valence-electron chi connectivity index (χ0n) is 5.46. The third-order valence-corrected chi connectivity index (χ3v) is 2.41. The fourth-order valence-electron chi connectivity index (χ4n) is 2.01. The first kappa shape index (κ1) is 5.48. The van der Waals surface area contributed by atoms with Gasteiger partial charge in [-0.3, -0.25) is 0 Å². The van der Waals surface area contributed by atoms with Crippen LogP contribution in [0.2, 0.25) is 0 Å². The molecular weight excluding hydrogens is 112 g/mol. The SMILES string of the molecule is OC1C[C@H]2C=C[C@@H](C1)C2. The molecule has 50 valence electrons. The van der Waals surface area contributed by atoms with Crippen LogP contribution >= 0.6 is 0 Å². The molecule has 0 aliphatic heterocycles. The molecule has 0 aromatic carbocycles. The normalized spacial score (nSPS) is 47.9. The molecule has 1 N–H and O–H groups in total. The first-order valence-corrected chi connectivity index (χ1v) is 3.71. The summed E-state index contributed by atoms with van der Waals surface area (Å²) in [6.45, 7) is 0. The Morgan fingerprint density at radius 2 is 1.56 bits per heavy atom. The lowest BCUT2D eigenvalue weighted by Crippen LogP contribution is -2.20. The molecule has 0 aromatic rings. The minimum Gasteiger partial charge on any atom is -0.393 e. The highest BCUT2D eigenvalue weighted by Gasteiger charge is 2.28. The van der Waals surface area contributed by atoms with E-state index in [1.807, 2.05) is 0 Å². The summed E-state index contributed by atoms with van der Waals surface area (Å²) >= 11 is 0. The topological polar surface area (TPSA) is 20.2 Å². The van der Waals surface area contributed by atoms with E-state index in [-0.39, 0.29) is 6.10 Å². The summed E-state index contributed by atoms with van der Waals surface area (Å²) < 4.78 is 0. The highest BCUT2D eigenvalue weighted by atomic mass is 16.3. The molecule has 0 aromatic heterocycles. The van der Waals surface area contributed by atoms with Crippen LogP contribution in [0, 0.1) is 11.8 Å². The van der Waals surface area contributed by atoms with E-state index < -0.39 is 0 Å². The van der Waals surface area contributed by atoms with Gasteiger partial charge in [-0.15, -0.1) is 0 Å². The summed E-state index contributed by atoms with van der Waals surface area (Å²) in [4.78, 5) is 0. The van der Waals surface area contributed by atoms with Crippen molar-refractivity contribution in [2.45, 2.75) is 25.4 Å². The summed E-state index contributed by atoms with van der Waals surface area (Å²) in [5.74, 6) is 1.41. The summed E-state index contributed by atoms with van der Waals surface area (Å²) in [5, 5.41) is 9.25. The number of hydrogen-bond acceptors (Lipinski definition) is 1. The van der Waals surface area contributed by atoms with Crippen LogP contribution in [0.15, 0.2) is 12.2 Å². The van der Waals surface area contributed by atoms with Gasteiger partial charge in [-0.2, -0.15) is 0 Å². The van der Waals surface area contributed by atoms with Crippen LogP contribution in [0.25, 0.3) is 0 Å². The molecular formula is C8H12O. The summed E-state index contributed by atoms with van der Waals surface area (Å²) in [6, 6.07) is 0. The first-order valence-electron chi connectivity index (χ1n) is 3.71. The highest BCUT2D eigenvalue weighted by Crippen LogP contribution is 2.36. The molecule has 2 bridgehead atoms. The largest absolute Gasteiger partial charge is 0.393 e. The van der Waals surface area contributed by atoms with Crippen molar-refractivity contribution in [1.82, 2.24) is 0 Å². The van der Waals surface area contributed by atoms with E-state index in [4.69, 9.17) is 0 Å². The predicted octanol–water partition coefficient (Wildman–Crippen LogP) is 1.33. The molecule has 2 aliphatic carbocycles. The maximum Gasteiger partial charge on any atom is 0.0551 e. The highest BCUT2D eigenvalue weighted by molar-refractivity contribution is 5.06. The Balaban J connectivity index is 2.10. The van der Waals surface area contributed by atoms with Crippen molar-refractivity contribution in [2.24, 2.45) is 11.8 Å². The third kappa shape index (κ3) is 0.897. The average Bonchev–Trinajstić information content (AvgIpc) is 2.11. The molecule has 1 fully saturated rings. The molecule has 2 aliphatic rings.